The minimum Gasteiger partial charge on any atom is -0.319 e. The zero-order chi connectivity index (χ0) is 21.6. The summed E-state index contributed by atoms with van der Waals surface area (Å²) in [5.41, 5.74) is 6.78. The smallest absolute Gasteiger partial charge is 0.227 e. The van der Waals surface area contributed by atoms with E-state index in [2.05, 4.69) is 66.5 Å². The van der Waals surface area contributed by atoms with Crippen molar-refractivity contribution in [1.82, 2.24) is 5.32 Å². The Balaban J connectivity index is 1.41. The van der Waals surface area contributed by atoms with E-state index in [1.807, 2.05) is 36.2 Å². The second-order valence-electron chi connectivity index (χ2n) is 8.30. The van der Waals surface area contributed by atoms with Gasteiger partial charge in [0.1, 0.15) is 0 Å². The Labute approximate surface area is 185 Å². The predicted octanol–water partition coefficient (Wildman–Crippen LogP) is 5.11. The van der Waals surface area contributed by atoms with Crippen LogP contribution in [0.15, 0.2) is 85.4 Å². The van der Waals surface area contributed by atoms with Crippen LogP contribution in [0.4, 0.5) is 5.69 Å². The number of anilines is 1. The SMILES string of the molecule is C=C(c1ccccc1)c1ccc(CCC(=O)N2CC(CNC)Cc3ccccc32)cc1. The minimum absolute atomic E-state index is 0.200. The number of carbonyl (C=O) groups excluding carboxylic acids is 1. The molecule has 1 aliphatic rings. The van der Waals surface area contributed by atoms with Crippen LogP contribution in [0.3, 0.4) is 0 Å². The molecular formula is C28H30N2O. The normalized spacial score (nSPS) is 15.4. The fourth-order valence-corrected chi connectivity index (χ4v) is 4.41. The van der Waals surface area contributed by atoms with Crippen LogP contribution < -0.4 is 10.2 Å². The van der Waals surface area contributed by atoms with Crippen LogP contribution in [0.1, 0.15) is 28.7 Å². The van der Waals surface area contributed by atoms with Crippen molar-refractivity contribution in [3.8, 4) is 0 Å². The third-order valence-corrected chi connectivity index (χ3v) is 6.08. The minimum atomic E-state index is 0.200. The highest BCUT2D eigenvalue weighted by Gasteiger charge is 2.27. The van der Waals surface area contributed by atoms with E-state index in [1.54, 1.807) is 0 Å². The lowest BCUT2D eigenvalue weighted by molar-refractivity contribution is -0.118. The first-order valence-electron chi connectivity index (χ1n) is 11.0. The van der Waals surface area contributed by atoms with Crippen molar-refractivity contribution < 1.29 is 4.79 Å². The molecule has 0 bridgehead atoms. The molecule has 0 fully saturated rings. The van der Waals surface area contributed by atoms with E-state index < -0.39 is 0 Å². The van der Waals surface area contributed by atoms with Gasteiger partial charge in [0.25, 0.3) is 0 Å². The summed E-state index contributed by atoms with van der Waals surface area (Å²) in [6.45, 7) is 5.94. The molecule has 3 aromatic carbocycles. The Morgan fingerprint density at radius 2 is 1.65 bits per heavy atom. The Morgan fingerprint density at radius 3 is 2.39 bits per heavy atom. The van der Waals surface area contributed by atoms with Crippen LogP contribution in [0.2, 0.25) is 0 Å². The van der Waals surface area contributed by atoms with E-state index in [0.29, 0.717) is 12.3 Å². The fraction of sp³-hybridized carbons (Fsp3) is 0.250. The summed E-state index contributed by atoms with van der Waals surface area (Å²) in [6.07, 6.45) is 2.28. The number of nitrogens with zero attached hydrogens (tertiary/aromatic N) is 1. The van der Waals surface area contributed by atoms with Crippen LogP contribution in [0.25, 0.3) is 5.57 Å². The molecule has 0 saturated carbocycles. The highest BCUT2D eigenvalue weighted by Crippen LogP contribution is 2.30. The molecule has 0 aliphatic carbocycles. The van der Waals surface area contributed by atoms with Crippen molar-refractivity contribution in [2.75, 3.05) is 25.0 Å². The van der Waals surface area contributed by atoms with Crippen LogP contribution >= 0.6 is 0 Å². The van der Waals surface area contributed by atoms with Gasteiger partial charge in [-0.15, -0.1) is 0 Å². The van der Waals surface area contributed by atoms with Gasteiger partial charge in [-0.3, -0.25) is 4.79 Å². The maximum atomic E-state index is 13.1. The number of aryl methyl sites for hydroxylation is 1. The van der Waals surface area contributed by atoms with Gasteiger partial charge in [-0.1, -0.05) is 79.4 Å². The summed E-state index contributed by atoms with van der Waals surface area (Å²) in [7, 11) is 1.97. The zero-order valence-electron chi connectivity index (χ0n) is 18.2. The van der Waals surface area contributed by atoms with Crippen molar-refractivity contribution in [3.63, 3.8) is 0 Å². The number of nitrogens with one attached hydrogen (secondary N) is 1. The molecule has 0 saturated heterocycles. The molecule has 1 unspecified atom stereocenters. The standard InChI is InChI=1S/C28H30N2O/c1-21(24-8-4-3-5-9-24)25-15-12-22(13-16-25)14-17-28(31)30-20-23(19-29-2)18-26-10-6-7-11-27(26)30/h3-13,15-16,23,29H,1,14,17-20H2,2H3. The lowest BCUT2D eigenvalue weighted by atomic mass is 9.92. The van der Waals surface area contributed by atoms with Crippen LogP contribution in [-0.4, -0.2) is 26.0 Å². The number of rotatable bonds is 7. The number of benzene rings is 3. The van der Waals surface area contributed by atoms with Crippen molar-refractivity contribution in [2.45, 2.75) is 19.3 Å². The topological polar surface area (TPSA) is 32.3 Å². The number of carbonyl (C=O) groups is 1. The molecule has 158 valence electrons. The zero-order valence-corrected chi connectivity index (χ0v) is 18.2. The van der Waals surface area contributed by atoms with Gasteiger partial charge in [0.2, 0.25) is 5.91 Å². The van der Waals surface area contributed by atoms with E-state index in [4.69, 9.17) is 0 Å². The van der Waals surface area contributed by atoms with E-state index in [1.165, 1.54) is 11.1 Å². The van der Waals surface area contributed by atoms with Gasteiger partial charge >= 0.3 is 0 Å². The second-order valence-corrected chi connectivity index (χ2v) is 8.30. The third kappa shape index (κ3) is 4.95. The highest BCUT2D eigenvalue weighted by molar-refractivity contribution is 5.94. The highest BCUT2D eigenvalue weighted by atomic mass is 16.2. The molecule has 1 heterocycles. The van der Waals surface area contributed by atoms with E-state index in [9.17, 15) is 4.79 Å². The van der Waals surface area contributed by atoms with Gasteiger partial charge < -0.3 is 10.2 Å². The molecule has 1 aliphatic heterocycles. The van der Waals surface area contributed by atoms with Gasteiger partial charge in [-0.2, -0.15) is 0 Å². The first kappa shape index (κ1) is 21.1. The Morgan fingerprint density at radius 1 is 0.968 bits per heavy atom. The Kier molecular flexibility index (Phi) is 6.63. The van der Waals surface area contributed by atoms with Gasteiger partial charge in [0.05, 0.1) is 0 Å². The summed E-state index contributed by atoms with van der Waals surface area (Å²) >= 11 is 0. The second kappa shape index (κ2) is 9.76. The monoisotopic (exact) mass is 410 g/mol. The van der Waals surface area contributed by atoms with Crippen LogP contribution in [0, 0.1) is 5.92 Å². The average Bonchev–Trinajstić information content (AvgIpc) is 2.82. The lowest BCUT2D eigenvalue weighted by Gasteiger charge is -2.34. The summed E-state index contributed by atoms with van der Waals surface area (Å²) in [5.74, 6) is 0.651. The maximum absolute atomic E-state index is 13.1. The van der Waals surface area contributed by atoms with Crippen molar-refractivity contribution in [1.29, 1.82) is 0 Å². The molecular weight excluding hydrogens is 380 g/mol. The average molecular weight is 411 g/mol. The lowest BCUT2D eigenvalue weighted by Crippen LogP contribution is -2.42. The van der Waals surface area contributed by atoms with Crippen LogP contribution in [0.5, 0.6) is 0 Å². The van der Waals surface area contributed by atoms with E-state index >= 15 is 0 Å². The number of fused-ring (bicyclic) bond motifs is 1. The fourth-order valence-electron chi connectivity index (χ4n) is 4.41. The molecule has 0 spiro atoms. The Bertz CT molecular complexity index is 1040. The number of amides is 1. The quantitative estimate of drug-likeness (QED) is 0.587. The summed E-state index contributed by atoms with van der Waals surface area (Å²) in [5, 5.41) is 3.27. The molecule has 1 amide bonds. The van der Waals surface area contributed by atoms with Gasteiger partial charge in [0, 0.05) is 18.7 Å². The summed E-state index contributed by atoms with van der Waals surface area (Å²) in [4.78, 5) is 15.1. The van der Waals surface area contributed by atoms with Crippen molar-refractivity contribution in [3.05, 3.63) is 108 Å². The van der Waals surface area contributed by atoms with E-state index in [-0.39, 0.29) is 5.91 Å². The molecule has 4 rings (SSSR count). The third-order valence-electron chi connectivity index (χ3n) is 6.08. The van der Waals surface area contributed by atoms with Crippen LogP contribution in [-0.2, 0) is 17.6 Å². The number of hydrogen-bond donors (Lipinski definition) is 1. The molecule has 3 nitrogen and oxygen atoms in total. The molecule has 1 atom stereocenters. The number of hydrogen-bond acceptors (Lipinski definition) is 2. The molecule has 0 aromatic heterocycles. The van der Waals surface area contributed by atoms with Gasteiger partial charge in [-0.25, -0.2) is 0 Å². The van der Waals surface area contributed by atoms with Crippen molar-refractivity contribution >= 4 is 17.2 Å². The molecule has 1 N–H and O–H groups in total. The number of para-hydroxylation sites is 1. The first-order valence-corrected chi connectivity index (χ1v) is 11.0. The summed E-state index contributed by atoms with van der Waals surface area (Å²) < 4.78 is 0. The largest absolute Gasteiger partial charge is 0.319 e. The predicted molar refractivity (Wildman–Crippen MR) is 129 cm³/mol. The summed E-state index contributed by atoms with van der Waals surface area (Å²) in [6, 6.07) is 27.0. The molecule has 0 radical (unpaired) electrons. The Hall–Kier alpha value is -3.17. The van der Waals surface area contributed by atoms with Crippen molar-refractivity contribution in [2.24, 2.45) is 5.92 Å². The molecule has 3 aromatic rings. The first-order chi connectivity index (χ1) is 15.2. The van der Waals surface area contributed by atoms with E-state index in [0.717, 1.165) is 48.3 Å². The maximum Gasteiger partial charge on any atom is 0.227 e. The molecule has 3 heteroatoms. The van der Waals surface area contributed by atoms with Gasteiger partial charge in [0.15, 0.2) is 0 Å². The molecule has 31 heavy (non-hydrogen) atoms. The van der Waals surface area contributed by atoms with Gasteiger partial charge in [-0.05, 0) is 66.2 Å².